The molecule has 7 heteroatoms. The molecule has 1 aliphatic heterocycles. The van der Waals surface area contributed by atoms with Gasteiger partial charge in [-0.2, -0.15) is 6.42 Å². The van der Waals surface area contributed by atoms with Gasteiger partial charge in [0.1, 0.15) is 0 Å². The van der Waals surface area contributed by atoms with Gasteiger partial charge in [-0.25, -0.2) is 0 Å². The molecule has 2 heterocycles. The molecular formula is C27H41N4O2W-. The van der Waals surface area contributed by atoms with Crippen molar-refractivity contribution in [2.45, 2.75) is 52.9 Å². The number of pyridine rings is 1. The van der Waals surface area contributed by atoms with Gasteiger partial charge in [0, 0.05) is 36.6 Å². The van der Waals surface area contributed by atoms with Crippen molar-refractivity contribution in [2.75, 3.05) is 20.3 Å². The fraction of sp³-hybridized carbons (Fsp3) is 0.444. The summed E-state index contributed by atoms with van der Waals surface area (Å²) >= 11 is 0.333. The number of ether oxygens (including phenoxy) is 1. The van der Waals surface area contributed by atoms with Crippen molar-refractivity contribution >= 4 is 6.21 Å². The topological polar surface area (TPSA) is 104 Å². The fourth-order valence-corrected chi connectivity index (χ4v) is 3.46. The Hall–Kier alpha value is -2.17. The monoisotopic (exact) mass is 637 g/mol. The summed E-state index contributed by atoms with van der Waals surface area (Å²) in [6.45, 7) is 13.8. The second-order valence-corrected chi connectivity index (χ2v) is 7.66. The number of aliphatic imine (C=N–C) groups is 1. The predicted octanol–water partition coefficient (Wildman–Crippen LogP) is 5.15. The van der Waals surface area contributed by atoms with E-state index in [2.05, 4.69) is 36.0 Å². The van der Waals surface area contributed by atoms with Crippen molar-refractivity contribution in [3.8, 4) is 0 Å². The molecule has 1 unspecified atom stereocenters. The van der Waals surface area contributed by atoms with Crippen LogP contribution in [0.5, 0.6) is 0 Å². The number of rotatable bonds is 9. The van der Waals surface area contributed by atoms with E-state index in [-0.39, 0.29) is 0 Å². The molecule has 0 aliphatic carbocycles. The van der Waals surface area contributed by atoms with Crippen LogP contribution in [0.3, 0.4) is 0 Å². The Morgan fingerprint density at radius 3 is 2.35 bits per heavy atom. The third kappa shape index (κ3) is 10.4. The summed E-state index contributed by atoms with van der Waals surface area (Å²) in [6.07, 6.45) is 14.3. The first kappa shape index (κ1) is 31.8. The van der Waals surface area contributed by atoms with Gasteiger partial charge in [0.2, 0.25) is 0 Å². The summed E-state index contributed by atoms with van der Waals surface area (Å²) in [4.78, 5) is 8.46. The molecule has 0 radical (unpaired) electrons. The van der Waals surface area contributed by atoms with Crippen LogP contribution >= 0.6 is 0 Å². The van der Waals surface area contributed by atoms with E-state index in [1.807, 2.05) is 51.3 Å². The summed E-state index contributed by atoms with van der Waals surface area (Å²) in [6, 6.07) is 4.32. The van der Waals surface area contributed by atoms with Crippen molar-refractivity contribution < 1.29 is 27.9 Å². The van der Waals surface area contributed by atoms with Gasteiger partial charge < -0.3 is 23.1 Å². The summed E-state index contributed by atoms with van der Waals surface area (Å²) in [5.41, 5.74) is 17.6. The number of allylic oxidation sites excluding steroid dienone is 6. The Morgan fingerprint density at radius 2 is 1.97 bits per heavy atom. The molecule has 1 saturated heterocycles. The molecule has 2 rings (SSSR count). The zero-order valence-corrected chi connectivity index (χ0v) is 24.2. The zero-order valence-electron chi connectivity index (χ0n) is 21.3. The molecule has 1 aromatic heterocycles. The Bertz CT molecular complexity index is 854. The van der Waals surface area contributed by atoms with Crippen LogP contribution in [0.2, 0.25) is 0 Å². The fourth-order valence-electron chi connectivity index (χ4n) is 3.46. The first-order chi connectivity index (χ1) is 16.5. The third-order valence-electron chi connectivity index (χ3n) is 5.43. The van der Waals surface area contributed by atoms with Gasteiger partial charge in [0.25, 0.3) is 0 Å². The maximum absolute atomic E-state index is 8.33. The first-order valence-corrected chi connectivity index (χ1v) is 12.8. The van der Waals surface area contributed by atoms with Gasteiger partial charge >= 0.3 is 23.2 Å². The third-order valence-corrected chi connectivity index (χ3v) is 5.43. The molecular weight excluding hydrogens is 596 g/mol. The number of nitrogens with two attached hydrogens (primary N) is 2. The summed E-state index contributed by atoms with van der Waals surface area (Å²) in [5.74, 6) is 1.17. The first-order valence-electron chi connectivity index (χ1n) is 11.6. The maximum atomic E-state index is 8.33. The molecule has 0 bridgehead atoms. The number of aryl methyl sites for hydroxylation is 1. The van der Waals surface area contributed by atoms with Crippen LogP contribution in [-0.2, 0) is 34.3 Å². The number of aromatic nitrogens is 1. The van der Waals surface area contributed by atoms with Crippen LogP contribution in [-0.4, -0.2) is 31.5 Å². The van der Waals surface area contributed by atoms with E-state index in [9.17, 15) is 0 Å². The average Bonchev–Trinajstić information content (AvgIpc) is 2.85. The van der Waals surface area contributed by atoms with Crippen LogP contribution in [0, 0.1) is 12.8 Å². The second kappa shape index (κ2) is 19.2. The number of hydrogen-bond acceptors (Lipinski definition) is 6. The van der Waals surface area contributed by atoms with E-state index < -0.39 is 0 Å². The molecule has 1 aliphatic rings. The van der Waals surface area contributed by atoms with E-state index in [4.69, 9.17) is 19.6 Å². The van der Waals surface area contributed by atoms with E-state index in [0.29, 0.717) is 43.0 Å². The average molecular weight is 637 g/mol. The zero-order chi connectivity index (χ0) is 25.9. The quantitative estimate of drug-likeness (QED) is 0.222. The minimum atomic E-state index is 0.333. The van der Waals surface area contributed by atoms with Gasteiger partial charge in [-0.15, -0.1) is 0 Å². The van der Waals surface area contributed by atoms with Crippen LogP contribution in [0.1, 0.15) is 57.7 Å². The van der Waals surface area contributed by atoms with Crippen LogP contribution in [0.25, 0.3) is 0 Å². The molecule has 0 spiro atoms. The second-order valence-electron chi connectivity index (χ2n) is 7.66. The van der Waals surface area contributed by atoms with E-state index >= 15 is 0 Å². The van der Waals surface area contributed by atoms with E-state index in [0.717, 1.165) is 49.3 Å². The van der Waals surface area contributed by atoms with Crippen molar-refractivity contribution in [3.63, 3.8) is 0 Å². The van der Waals surface area contributed by atoms with Gasteiger partial charge in [0.05, 0.1) is 24.6 Å². The Kier molecular flexibility index (Phi) is 17.9. The molecule has 0 aromatic carbocycles. The Morgan fingerprint density at radius 1 is 1.29 bits per heavy atom. The van der Waals surface area contributed by atoms with E-state index in [1.54, 1.807) is 13.3 Å². The molecule has 0 saturated carbocycles. The van der Waals surface area contributed by atoms with Crippen molar-refractivity contribution in [1.29, 1.82) is 0 Å². The van der Waals surface area contributed by atoms with Gasteiger partial charge in [-0.1, -0.05) is 44.2 Å². The molecule has 0 amide bonds. The number of hydrogen-bond donors (Lipinski definition) is 2. The molecule has 4 N–H and O–H groups in total. The Balaban J connectivity index is 0.000000599. The molecule has 1 fully saturated rings. The molecule has 1 atom stereocenters. The Labute approximate surface area is 217 Å². The minimum absolute atomic E-state index is 0.333. The SMILES string of the molecule is C\C=C/C(C(/C=NC)=C/C)=C(N)\C(N)=C\CC.[CH2-]CC(c1ccc(CC)nc1)C1COC1.[O]=[W]. The molecule has 188 valence electrons. The van der Waals surface area contributed by atoms with Crippen LogP contribution in [0.4, 0.5) is 0 Å². The van der Waals surface area contributed by atoms with Crippen molar-refractivity contribution in [2.24, 2.45) is 22.4 Å². The molecule has 6 nitrogen and oxygen atoms in total. The van der Waals surface area contributed by atoms with Crippen molar-refractivity contribution in [3.05, 3.63) is 83.4 Å². The number of nitrogens with zero attached hydrogens (tertiary/aromatic N) is 2. The van der Waals surface area contributed by atoms with Crippen LogP contribution < -0.4 is 11.5 Å². The molecule has 1 aromatic rings. The summed E-state index contributed by atoms with van der Waals surface area (Å²) in [7, 11) is 1.73. The van der Waals surface area contributed by atoms with Crippen molar-refractivity contribution in [1.82, 2.24) is 4.98 Å². The van der Waals surface area contributed by atoms with E-state index in [1.165, 1.54) is 5.56 Å². The van der Waals surface area contributed by atoms with Gasteiger partial charge in [0.15, 0.2) is 0 Å². The van der Waals surface area contributed by atoms with Crippen LogP contribution in [0.15, 0.2) is 70.2 Å². The van der Waals surface area contributed by atoms with Gasteiger partial charge in [-0.3, -0.25) is 9.98 Å². The molecule has 34 heavy (non-hydrogen) atoms. The van der Waals surface area contributed by atoms with Gasteiger partial charge in [-0.05, 0) is 49.8 Å². The normalized spacial score (nSPS) is 16.2. The summed E-state index contributed by atoms with van der Waals surface area (Å²) in [5, 5.41) is 0. The predicted molar refractivity (Wildman–Crippen MR) is 138 cm³/mol. The standard InChI is InChI=1S/C14H23N3.C13H18NO.O.W/c1-5-8-12(11(7-3)10-17-4)14(16)13(15)9-6-2;1-3-12-6-5-10(7-14-12)13(4-2)11-8-15-9-11;;/h5,7-10H,6,15-16H2,1-4H3;5-7,11,13H,2-4,8-9H2,1H3;;/q;-1;;/b8-5-,11-7+,13-9-,14-12-,17-10?;;;. The summed E-state index contributed by atoms with van der Waals surface area (Å²) < 4.78 is 13.6.